The standard InChI is InChI=1S/C14H22N2O/c1-11(12-5-3-2-4-6-12)15-9-13-7-8-14(17)10-16-13/h7-8,10-12,15,17H,2-6,9H2,1H3/t11-/m0/s1. The highest BCUT2D eigenvalue weighted by Gasteiger charge is 2.19. The lowest BCUT2D eigenvalue weighted by atomic mass is 9.84. The third-order valence-corrected chi connectivity index (χ3v) is 3.77. The Morgan fingerprint density at radius 3 is 2.76 bits per heavy atom. The Morgan fingerprint density at radius 2 is 2.12 bits per heavy atom. The van der Waals surface area contributed by atoms with E-state index in [4.69, 9.17) is 5.11 Å². The number of rotatable bonds is 4. The van der Waals surface area contributed by atoms with Gasteiger partial charge in [-0.2, -0.15) is 0 Å². The van der Waals surface area contributed by atoms with Crippen LogP contribution in [-0.4, -0.2) is 16.1 Å². The van der Waals surface area contributed by atoms with Crippen LogP contribution < -0.4 is 5.32 Å². The van der Waals surface area contributed by atoms with Crippen LogP contribution in [-0.2, 0) is 6.54 Å². The van der Waals surface area contributed by atoms with Crippen LogP contribution >= 0.6 is 0 Å². The van der Waals surface area contributed by atoms with E-state index in [-0.39, 0.29) is 5.75 Å². The summed E-state index contributed by atoms with van der Waals surface area (Å²) in [7, 11) is 0. The van der Waals surface area contributed by atoms with Crippen molar-refractivity contribution in [1.82, 2.24) is 10.3 Å². The van der Waals surface area contributed by atoms with E-state index in [1.165, 1.54) is 38.3 Å². The average molecular weight is 234 g/mol. The minimum atomic E-state index is 0.231. The summed E-state index contributed by atoms with van der Waals surface area (Å²) in [4.78, 5) is 4.18. The first-order valence-electron chi connectivity index (χ1n) is 6.63. The third kappa shape index (κ3) is 3.70. The van der Waals surface area contributed by atoms with E-state index in [1.807, 2.05) is 6.07 Å². The van der Waals surface area contributed by atoms with Gasteiger partial charge in [0, 0.05) is 12.6 Å². The first-order valence-corrected chi connectivity index (χ1v) is 6.63. The van der Waals surface area contributed by atoms with Crippen molar-refractivity contribution in [3.8, 4) is 5.75 Å². The fraction of sp³-hybridized carbons (Fsp3) is 0.643. The molecule has 1 aromatic rings. The molecule has 2 rings (SSSR count). The van der Waals surface area contributed by atoms with Crippen molar-refractivity contribution in [3.05, 3.63) is 24.0 Å². The molecule has 0 unspecified atom stereocenters. The van der Waals surface area contributed by atoms with Gasteiger partial charge in [-0.15, -0.1) is 0 Å². The summed E-state index contributed by atoms with van der Waals surface area (Å²) in [5.74, 6) is 1.05. The number of hydrogen-bond acceptors (Lipinski definition) is 3. The maximum Gasteiger partial charge on any atom is 0.133 e. The van der Waals surface area contributed by atoms with Gasteiger partial charge >= 0.3 is 0 Å². The van der Waals surface area contributed by atoms with Gasteiger partial charge in [0.2, 0.25) is 0 Å². The molecule has 1 saturated carbocycles. The van der Waals surface area contributed by atoms with Crippen LogP contribution in [0.1, 0.15) is 44.7 Å². The molecule has 1 fully saturated rings. The fourth-order valence-corrected chi connectivity index (χ4v) is 2.59. The summed E-state index contributed by atoms with van der Waals surface area (Å²) < 4.78 is 0. The molecule has 2 N–H and O–H groups in total. The maximum absolute atomic E-state index is 9.16. The van der Waals surface area contributed by atoms with Gasteiger partial charge in [-0.25, -0.2) is 0 Å². The van der Waals surface area contributed by atoms with E-state index in [9.17, 15) is 0 Å². The minimum Gasteiger partial charge on any atom is -0.506 e. The highest BCUT2D eigenvalue weighted by atomic mass is 16.3. The second kappa shape index (κ2) is 6.01. The Hall–Kier alpha value is -1.09. The van der Waals surface area contributed by atoms with Crippen molar-refractivity contribution < 1.29 is 5.11 Å². The summed E-state index contributed by atoms with van der Waals surface area (Å²) >= 11 is 0. The Labute approximate surface area is 103 Å². The van der Waals surface area contributed by atoms with E-state index in [2.05, 4.69) is 17.2 Å². The number of nitrogens with zero attached hydrogens (tertiary/aromatic N) is 1. The Kier molecular flexibility index (Phi) is 4.37. The predicted molar refractivity (Wildman–Crippen MR) is 68.8 cm³/mol. The lowest BCUT2D eigenvalue weighted by Crippen LogP contribution is -2.34. The maximum atomic E-state index is 9.16. The summed E-state index contributed by atoms with van der Waals surface area (Å²) in [5.41, 5.74) is 0.991. The first kappa shape index (κ1) is 12.4. The molecule has 0 aliphatic heterocycles. The van der Waals surface area contributed by atoms with Crippen LogP contribution in [0.4, 0.5) is 0 Å². The van der Waals surface area contributed by atoms with Crippen LogP contribution in [0.3, 0.4) is 0 Å². The monoisotopic (exact) mass is 234 g/mol. The van der Waals surface area contributed by atoms with Crippen LogP contribution in [0.25, 0.3) is 0 Å². The summed E-state index contributed by atoms with van der Waals surface area (Å²) in [6.45, 7) is 3.06. The number of aromatic nitrogens is 1. The lowest BCUT2D eigenvalue weighted by Gasteiger charge is -2.28. The number of hydrogen-bond donors (Lipinski definition) is 2. The van der Waals surface area contributed by atoms with E-state index < -0.39 is 0 Å². The minimum absolute atomic E-state index is 0.231. The molecule has 17 heavy (non-hydrogen) atoms. The predicted octanol–water partition coefficient (Wildman–Crippen LogP) is 2.85. The van der Waals surface area contributed by atoms with Crippen molar-refractivity contribution in [2.24, 2.45) is 5.92 Å². The van der Waals surface area contributed by atoms with Gasteiger partial charge < -0.3 is 10.4 Å². The molecule has 1 atom stereocenters. The van der Waals surface area contributed by atoms with Crippen LogP contribution in [0.5, 0.6) is 5.75 Å². The van der Waals surface area contributed by atoms with Crippen LogP contribution in [0.15, 0.2) is 18.3 Å². The quantitative estimate of drug-likeness (QED) is 0.842. The lowest BCUT2D eigenvalue weighted by molar-refractivity contribution is 0.280. The van der Waals surface area contributed by atoms with E-state index >= 15 is 0 Å². The largest absolute Gasteiger partial charge is 0.506 e. The van der Waals surface area contributed by atoms with Gasteiger partial charge in [-0.3, -0.25) is 4.98 Å². The van der Waals surface area contributed by atoms with Gasteiger partial charge in [0.05, 0.1) is 11.9 Å². The molecular weight excluding hydrogens is 212 g/mol. The third-order valence-electron chi connectivity index (χ3n) is 3.77. The smallest absolute Gasteiger partial charge is 0.133 e. The zero-order chi connectivity index (χ0) is 12.1. The molecule has 3 nitrogen and oxygen atoms in total. The Balaban J connectivity index is 1.78. The zero-order valence-electron chi connectivity index (χ0n) is 10.5. The van der Waals surface area contributed by atoms with Crippen molar-refractivity contribution in [2.45, 2.75) is 51.6 Å². The van der Waals surface area contributed by atoms with E-state index in [0.29, 0.717) is 6.04 Å². The molecule has 0 radical (unpaired) electrons. The summed E-state index contributed by atoms with van der Waals surface area (Å²) in [5, 5.41) is 12.7. The highest BCUT2D eigenvalue weighted by Crippen LogP contribution is 2.26. The molecule has 0 spiro atoms. The average Bonchev–Trinajstić information content (AvgIpc) is 2.39. The van der Waals surface area contributed by atoms with E-state index in [0.717, 1.165) is 18.2 Å². The normalized spacial score (nSPS) is 19.1. The topological polar surface area (TPSA) is 45.1 Å². The number of nitrogens with one attached hydrogen (secondary N) is 1. The van der Waals surface area contributed by atoms with Crippen molar-refractivity contribution in [2.75, 3.05) is 0 Å². The van der Waals surface area contributed by atoms with Crippen molar-refractivity contribution in [3.63, 3.8) is 0 Å². The SMILES string of the molecule is C[C@H](NCc1ccc(O)cn1)C1CCCCC1. The van der Waals surface area contributed by atoms with E-state index in [1.54, 1.807) is 6.07 Å². The summed E-state index contributed by atoms with van der Waals surface area (Å²) in [6.07, 6.45) is 8.39. The molecule has 94 valence electrons. The number of aromatic hydroxyl groups is 1. The summed E-state index contributed by atoms with van der Waals surface area (Å²) in [6, 6.07) is 4.12. The molecule has 1 aromatic heterocycles. The van der Waals surface area contributed by atoms with Crippen molar-refractivity contribution in [1.29, 1.82) is 0 Å². The molecule has 1 heterocycles. The van der Waals surface area contributed by atoms with Gasteiger partial charge in [0.25, 0.3) is 0 Å². The molecule has 3 heteroatoms. The van der Waals surface area contributed by atoms with Crippen LogP contribution in [0.2, 0.25) is 0 Å². The fourth-order valence-electron chi connectivity index (χ4n) is 2.59. The molecule has 1 aliphatic carbocycles. The molecule has 0 aromatic carbocycles. The van der Waals surface area contributed by atoms with Crippen LogP contribution in [0, 0.1) is 5.92 Å². The molecular formula is C14H22N2O. The molecule has 0 bridgehead atoms. The Bertz CT molecular complexity index is 331. The second-order valence-corrected chi connectivity index (χ2v) is 5.08. The zero-order valence-corrected chi connectivity index (χ0v) is 10.5. The van der Waals surface area contributed by atoms with Gasteiger partial charge in [0.1, 0.15) is 5.75 Å². The molecule has 1 aliphatic rings. The first-order chi connectivity index (χ1) is 8.25. The number of pyridine rings is 1. The molecule has 0 saturated heterocycles. The second-order valence-electron chi connectivity index (χ2n) is 5.08. The van der Waals surface area contributed by atoms with Gasteiger partial charge in [-0.1, -0.05) is 19.3 Å². The van der Waals surface area contributed by atoms with Gasteiger partial charge in [0.15, 0.2) is 0 Å². The Morgan fingerprint density at radius 1 is 1.35 bits per heavy atom. The highest BCUT2D eigenvalue weighted by molar-refractivity contribution is 5.17. The van der Waals surface area contributed by atoms with Crippen molar-refractivity contribution >= 4 is 0 Å². The van der Waals surface area contributed by atoms with Gasteiger partial charge in [-0.05, 0) is 37.8 Å². The molecule has 0 amide bonds.